The van der Waals surface area contributed by atoms with E-state index in [2.05, 4.69) is 6.07 Å². The van der Waals surface area contributed by atoms with E-state index in [-0.39, 0.29) is 17.7 Å². The third-order valence-electron chi connectivity index (χ3n) is 4.35. The molecule has 1 amide bonds. The van der Waals surface area contributed by atoms with Crippen LogP contribution >= 0.6 is 0 Å². The molecule has 0 aromatic rings. The van der Waals surface area contributed by atoms with Crippen molar-refractivity contribution >= 4 is 5.91 Å². The second-order valence-electron chi connectivity index (χ2n) is 5.47. The zero-order valence-corrected chi connectivity index (χ0v) is 11.1. The monoisotopic (exact) mass is 250 g/mol. The van der Waals surface area contributed by atoms with Gasteiger partial charge in [0.25, 0.3) is 0 Å². The Morgan fingerprint density at radius 2 is 1.78 bits per heavy atom. The number of hydrogen-bond acceptors (Lipinski definition) is 3. The molecule has 4 heteroatoms. The van der Waals surface area contributed by atoms with Crippen LogP contribution in [0.2, 0.25) is 0 Å². The number of nitriles is 1. The van der Waals surface area contributed by atoms with E-state index in [1.807, 2.05) is 11.9 Å². The Hall–Kier alpha value is -1.08. The summed E-state index contributed by atoms with van der Waals surface area (Å²) >= 11 is 0. The smallest absolute Gasteiger partial charge is 0.225 e. The summed E-state index contributed by atoms with van der Waals surface area (Å²) in [5, 5.41) is 8.88. The Morgan fingerprint density at radius 3 is 2.33 bits per heavy atom. The molecule has 1 aliphatic heterocycles. The fourth-order valence-corrected chi connectivity index (χ4v) is 3.00. The summed E-state index contributed by atoms with van der Waals surface area (Å²) in [6, 6.07) is 2.67. The molecule has 0 bridgehead atoms. The lowest BCUT2D eigenvalue weighted by molar-refractivity contribution is -0.140. The fourth-order valence-electron chi connectivity index (χ4n) is 3.00. The van der Waals surface area contributed by atoms with Gasteiger partial charge >= 0.3 is 0 Å². The number of nitrogens with zero attached hydrogens (tertiary/aromatic N) is 2. The standard InChI is InChI=1S/C14H22N2O2/c1-16(13-4-2-11(10-15)3-5-13)14(17)12-6-8-18-9-7-12/h11-13H,2-9H2,1H3. The minimum absolute atomic E-state index is 0.150. The number of carbonyl (C=O) groups is 1. The van der Waals surface area contributed by atoms with Gasteiger partial charge < -0.3 is 9.64 Å². The highest BCUT2D eigenvalue weighted by molar-refractivity contribution is 5.79. The van der Waals surface area contributed by atoms with E-state index in [4.69, 9.17) is 10.00 Å². The Kier molecular flexibility index (Phi) is 4.60. The van der Waals surface area contributed by atoms with Crippen LogP contribution in [0, 0.1) is 23.2 Å². The third-order valence-corrected chi connectivity index (χ3v) is 4.35. The maximum atomic E-state index is 12.4. The molecule has 0 aromatic carbocycles. The first kappa shape index (κ1) is 13.4. The van der Waals surface area contributed by atoms with Crippen molar-refractivity contribution < 1.29 is 9.53 Å². The summed E-state index contributed by atoms with van der Waals surface area (Å²) in [6.07, 6.45) is 5.54. The zero-order chi connectivity index (χ0) is 13.0. The van der Waals surface area contributed by atoms with Gasteiger partial charge in [-0.1, -0.05) is 0 Å². The summed E-state index contributed by atoms with van der Waals surface area (Å²) in [5.41, 5.74) is 0. The second-order valence-corrected chi connectivity index (χ2v) is 5.47. The maximum Gasteiger partial charge on any atom is 0.225 e. The molecule has 0 aromatic heterocycles. The van der Waals surface area contributed by atoms with Gasteiger partial charge in [-0.3, -0.25) is 4.79 Å². The van der Waals surface area contributed by atoms with Crippen LogP contribution in [0.1, 0.15) is 38.5 Å². The summed E-state index contributed by atoms with van der Waals surface area (Å²) in [7, 11) is 1.93. The SMILES string of the molecule is CN(C(=O)C1CCOCC1)C1CCC(C#N)CC1. The van der Waals surface area contributed by atoms with E-state index in [0.717, 1.165) is 38.5 Å². The summed E-state index contributed by atoms with van der Waals surface area (Å²) < 4.78 is 5.30. The summed E-state index contributed by atoms with van der Waals surface area (Å²) in [4.78, 5) is 14.3. The van der Waals surface area contributed by atoms with E-state index in [0.29, 0.717) is 19.3 Å². The average Bonchev–Trinajstić information content (AvgIpc) is 2.47. The van der Waals surface area contributed by atoms with Gasteiger partial charge in [0.1, 0.15) is 0 Å². The number of hydrogen-bond donors (Lipinski definition) is 0. The number of amides is 1. The normalized spacial score (nSPS) is 29.6. The molecular weight excluding hydrogens is 228 g/mol. The van der Waals surface area contributed by atoms with Gasteiger partial charge in [0.05, 0.1) is 6.07 Å². The molecular formula is C14H22N2O2. The molecule has 0 atom stereocenters. The highest BCUT2D eigenvalue weighted by atomic mass is 16.5. The predicted octanol–water partition coefficient (Wildman–Crippen LogP) is 1.95. The summed E-state index contributed by atoms with van der Waals surface area (Å²) in [5.74, 6) is 0.629. The van der Waals surface area contributed by atoms with E-state index in [9.17, 15) is 4.79 Å². The zero-order valence-electron chi connectivity index (χ0n) is 11.1. The van der Waals surface area contributed by atoms with Gasteiger partial charge in [0, 0.05) is 38.1 Å². The van der Waals surface area contributed by atoms with E-state index in [1.54, 1.807) is 0 Å². The van der Waals surface area contributed by atoms with Crippen molar-refractivity contribution in [3.63, 3.8) is 0 Å². The number of carbonyl (C=O) groups excluding carboxylic acids is 1. The van der Waals surface area contributed by atoms with Gasteiger partial charge in [0.2, 0.25) is 5.91 Å². The van der Waals surface area contributed by atoms with Crippen molar-refractivity contribution in [2.24, 2.45) is 11.8 Å². The molecule has 1 aliphatic carbocycles. The first-order valence-corrected chi connectivity index (χ1v) is 6.96. The molecule has 2 rings (SSSR count). The van der Waals surface area contributed by atoms with Crippen molar-refractivity contribution in [1.82, 2.24) is 4.90 Å². The molecule has 2 aliphatic rings. The van der Waals surface area contributed by atoms with Crippen molar-refractivity contribution in [3.05, 3.63) is 0 Å². The Bertz CT molecular complexity index is 323. The molecule has 18 heavy (non-hydrogen) atoms. The van der Waals surface area contributed by atoms with Gasteiger partial charge in [0.15, 0.2) is 0 Å². The first-order chi connectivity index (χ1) is 8.72. The Balaban J connectivity index is 1.85. The highest BCUT2D eigenvalue weighted by Gasteiger charge is 2.30. The van der Waals surface area contributed by atoms with Crippen LogP contribution in [-0.4, -0.2) is 37.1 Å². The fraction of sp³-hybridized carbons (Fsp3) is 0.857. The van der Waals surface area contributed by atoms with E-state index < -0.39 is 0 Å². The number of rotatable bonds is 2. The van der Waals surface area contributed by atoms with Gasteiger partial charge in [-0.25, -0.2) is 0 Å². The van der Waals surface area contributed by atoms with Crippen LogP contribution in [-0.2, 0) is 9.53 Å². The van der Waals surface area contributed by atoms with Crippen LogP contribution in [0.25, 0.3) is 0 Å². The quantitative estimate of drug-likeness (QED) is 0.752. The summed E-state index contributed by atoms with van der Waals surface area (Å²) in [6.45, 7) is 1.43. The molecule has 0 unspecified atom stereocenters. The van der Waals surface area contributed by atoms with E-state index in [1.165, 1.54) is 0 Å². The molecule has 0 radical (unpaired) electrons. The van der Waals surface area contributed by atoms with Crippen molar-refractivity contribution in [1.29, 1.82) is 5.26 Å². The maximum absolute atomic E-state index is 12.4. The third kappa shape index (κ3) is 3.02. The van der Waals surface area contributed by atoms with Crippen molar-refractivity contribution in [2.75, 3.05) is 20.3 Å². The van der Waals surface area contributed by atoms with Crippen LogP contribution in [0.15, 0.2) is 0 Å². The van der Waals surface area contributed by atoms with Crippen molar-refractivity contribution in [3.8, 4) is 6.07 Å². The lowest BCUT2D eigenvalue weighted by Gasteiger charge is -2.35. The topological polar surface area (TPSA) is 53.3 Å². The Labute approximate surface area is 109 Å². The Morgan fingerprint density at radius 1 is 1.17 bits per heavy atom. The van der Waals surface area contributed by atoms with Crippen molar-refractivity contribution in [2.45, 2.75) is 44.6 Å². The van der Waals surface area contributed by atoms with Gasteiger partial charge in [-0.2, -0.15) is 5.26 Å². The lowest BCUT2D eigenvalue weighted by atomic mass is 9.85. The molecule has 2 fully saturated rings. The largest absolute Gasteiger partial charge is 0.381 e. The van der Waals surface area contributed by atoms with Crippen LogP contribution in [0.3, 0.4) is 0 Å². The van der Waals surface area contributed by atoms with Crippen LogP contribution in [0.4, 0.5) is 0 Å². The second kappa shape index (κ2) is 6.19. The molecule has 100 valence electrons. The predicted molar refractivity (Wildman–Crippen MR) is 67.7 cm³/mol. The molecule has 1 heterocycles. The molecule has 1 saturated carbocycles. The van der Waals surface area contributed by atoms with Crippen LogP contribution < -0.4 is 0 Å². The van der Waals surface area contributed by atoms with Gasteiger partial charge in [-0.15, -0.1) is 0 Å². The van der Waals surface area contributed by atoms with Crippen LogP contribution in [0.5, 0.6) is 0 Å². The molecule has 0 spiro atoms. The molecule has 1 saturated heterocycles. The molecule has 0 N–H and O–H groups in total. The lowest BCUT2D eigenvalue weighted by Crippen LogP contribution is -2.43. The minimum atomic E-state index is 0.150. The highest BCUT2D eigenvalue weighted by Crippen LogP contribution is 2.28. The molecule has 4 nitrogen and oxygen atoms in total. The van der Waals surface area contributed by atoms with E-state index >= 15 is 0 Å². The minimum Gasteiger partial charge on any atom is -0.381 e. The number of ether oxygens (including phenoxy) is 1. The van der Waals surface area contributed by atoms with Gasteiger partial charge in [-0.05, 0) is 38.5 Å². The first-order valence-electron chi connectivity index (χ1n) is 6.96. The average molecular weight is 250 g/mol.